The van der Waals surface area contributed by atoms with Gasteiger partial charge in [0.25, 0.3) is 0 Å². The van der Waals surface area contributed by atoms with E-state index in [1.165, 1.54) is 68.0 Å². The third-order valence-corrected chi connectivity index (χ3v) is 7.94. The number of aliphatic imine (C=N–C) groups is 1. The van der Waals surface area contributed by atoms with E-state index in [4.69, 9.17) is 0 Å². The molecule has 0 saturated heterocycles. The van der Waals surface area contributed by atoms with Crippen LogP contribution in [0.25, 0.3) is 11.4 Å². The molecule has 0 amide bonds. The lowest BCUT2D eigenvalue weighted by molar-refractivity contribution is -0.595. The number of unbranched alkanes of at least 4 members (excludes halogenated alkanes) is 10. The zero-order chi connectivity index (χ0) is 31.0. The van der Waals surface area contributed by atoms with Crippen LogP contribution in [0.1, 0.15) is 103 Å². The van der Waals surface area contributed by atoms with E-state index in [0.29, 0.717) is 23.6 Å². The van der Waals surface area contributed by atoms with E-state index in [1.54, 1.807) is 0 Å². The minimum Gasteiger partial charge on any atom is -0.862 e. The Morgan fingerprint density at radius 3 is 2.14 bits per heavy atom. The molecule has 2 aromatic carbocycles. The molecule has 7 nitrogen and oxygen atoms in total. The van der Waals surface area contributed by atoms with Crippen LogP contribution in [0.4, 0.5) is 17.2 Å². The molecule has 4 rings (SSSR count). The van der Waals surface area contributed by atoms with Crippen LogP contribution in [-0.2, 0) is 6.42 Å². The highest BCUT2D eigenvalue weighted by atomic mass is 16.3. The average molecular weight is 596 g/mol. The Labute approximate surface area is 262 Å². The van der Waals surface area contributed by atoms with E-state index >= 15 is 0 Å². The van der Waals surface area contributed by atoms with Crippen LogP contribution < -0.4 is 20.5 Å². The van der Waals surface area contributed by atoms with E-state index in [0.717, 1.165) is 37.1 Å². The molecule has 0 saturated carbocycles. The zero-order valence-corrected chi connectivity index (χ0v) is 26.6. The number of H-pyrrole nitrogens is 1. The fraction of sp³-hybridized carbons (Fsp3) is 0.432. The monoisotopic (exact) mass is 595 g/mol. The highest BCUT2D eigenvalue weighted by Gasteiger charge is 2.24. The molecule has 2 aromatic heterocycles. The molecule has 0 radical (unpaired) electrons. The van der Waals surface area contributed by atoms with E-state index in [1.807, 2.05) is 83.7 Å². The van der Waals surface area contributed by atoms with Crippen LogP contribution in [0, 0.1) is 0 Å². The first kappa shape index (κ1) is 32.8. The molecule has 7 heteroatoms. The van der Waals surface area contributed by atoms with Crippen LogP contribution in [-0.4, -0.2) is 15.7 Å². The number of aromatic nitrogens is 3. The van der Waals surface area contributed by atoms with Crippen molar-refractivity contribution in [2.75, 3.05) is 5.32 Å². The van der Waals surface area contributed by atoms with Gasteiger partial charge in [-0.15, -0.1) is 0 Å². The van der Waals surface area contributed by atoms with Crippen molar-refractivity contribution in [2.24, 2.45) is 4.99 Å². The summed E-state index contributed by atoms with van der Waals surface area (Å²) >= 11 is 0. The normalized spacial score (nSPS) is 11.6. The largest absolute Gasteiger partial charge is 0.862 e. The number of hydrogen-bond donors (Lipinski definition) is 2. The second-order valence-electron chi connectivity index (χ2n) is 11.6. The first-order valence-corrected chi connectivity index (χ1v) is 16.6. The van der Waals surface area contributed by atoms with Gasteiger partial charge >= 0.3 is 11.2 Å². The van der Waals surface area contributed by atoms with Crippen molar-refractivity contribution < 1.29 is 9.67 Å². The molecule has 0 atom stereocenters. The number of rotatable bonds is 19. The lowest BCUT2D eigenvalue weighted by Gasteiger charge is -2.11. The van der Waals surface area contributed by atoms with E-state index in [-0.39, 0.29) is 11.5 Å². The Morgan fingerprint density at radius 1 is 0.818 bits per heavy atom. The number of aryl methyl sites for hydroxylation is 1. The van der Waals surface area contributed by atoms with E-state index < -0.39 is 0 Å². The number of anilines is 2. The topological polar surface area (TPSA) is 89.1 Å². The maximum Gasteiger partial charge on any atom is 0.346 e. The standard InChI is InChI=1S/C37H49N5O2/c1-3-5-6-7-8-9-10-11-12-13-17-24-34(43)38-31-20-18-21-32(29-31)39-36-35(41-27-25-30(19-4-2)26-28-41)37(44)42(40-36)33-22-15-14-16-23-33/h14-16,18,20-23,25-29H,3-13,17,19,24H2,1-2H3,(H2-,38,39,40,43,44). The highest BCUT2D eigenvalue weighted by Crippen LogP contribution is 2.23. The molecule has 0 fully saturated rings. The maximum absolute atomic E-state index is 13.7. The van der Waals surface area contributed by atoms with Crippen LogP contribution >= 0.6 is 0 Å². The van der Waals surface area contributed by atoms with Crippen molar-refractivity contribution in [2.45, 2.75) is 104 Å². The zero-order valence-electron chi connectivity index (χ0n) is 26.6. The average Bonchev–Trinajstić information content (AvgIpc) is 3.36. The second-order valence-corrected chi connectivity index (χ2v) is 11.6. The van der Waals surface area contributed by atoms with Crippen LogP contribution in [0.3, 0.4) is 0 Å². The number of aromatic amines is 1. The summed E-state index contributed by atoms with van der Waals surface area (Å²) in [5.41, 5.74) is 3.61. The molecule has 44 heavy (non-hydrogen) atoms. The number of benzene rings is 2. The third-order valence-electron chi connectivity index (χ3n) is 7.94. The van der Waals surface area contributed by atoms with Gasteiger partial charge < -0.3 is 10.4 Å². The summed E-state index contributed by atoms with van der Waals surface area (Å²) in [6.07, 6.45) is 20.1. The summed E-state index contributed by atoms with van der Waals surface area (Å²) < 4.78 is 3.38. The quantitative estimate of drug-likeness (QED) is 0.0495. The van der Waals surface area contributed by atoms with Crippen molar-refractivity contribution in [3.63, 3.8) is 0 Å². The summed E-state index contributed by atoms with van der Waals surface area (Å²) in [5.74, 6) is 0.460. The van der Waals surface area contributed by atoms with Gasteiger partial charge in [0.1, 0.15) is 0 Å². The highest BCUT2D eigenvalue weighted by molar-refractivity contribution is 5.76. The van der Waals surface area contributed by atoms with Crippen LogP contribution in [0.15, 0.2) is 88.9 Å². The minimum absolute atomic E-state index is 0.0925. The molecule has 234 valence electrons. The van der Waals surface area contributed by atoms with Crippen LogP contribution in [0.5, 0.6) is 0 Å². The number of nitrogens with zero attached hydrogens (tertiary/aromatic N) is 3. The van der Waals surface area contributed by atoms with Gasteiger partial charge in [-0.3, -0.25) is 14.9 Å². The Morgan fingerprint density at radius 2 is 1.48 bits per heavy atom. The first-order valence-electron chi connectivity index (χ1n) is 16.6. The molecule has 2 heterocycles. The van der Waals surface area contributed by atoms with Gasteiger partial charge in [-0.1, -0.05) is 109 Å². The van der Waals surface area contributed by atoms with Gasteiger partial charge in [-0.2, -0.15) is 4.57 Å². The summed E-state index contributed by atoms with van der Waals surface area (Å²) in [6.45, 7) is 4.41. The SMILES string of the molecule is CCCCCCCCCCCCCC([O-])=Nc1cccc(Nc2[nH]n(-c3ccccc3)c(=O)c2-[n+]2ccc(CCC)cc2)c1. The summed E-state index contributed by atoms with van der Waals surface area (Å²) in [7, 11) is 0. The Kier molecular flexibility index (Phi) is 13.3. The van der Waals surface area contributed by atoms with E-state index in [9.17, 15) is 9.90 Å². The second kappa shape index (κ2) is 17.9. The van der Waals surface area contributed by atoms with Crippen LogP contribution in [0.2, 0.25) is 0 Å². The lowest BCUT2D eigenvalue weighted by Crippen LogP contribution is -2.36. The number of pyridine rings is 1. The van der Waals surface area contributed by atoms with Gasteiger partial charge in [-0.05, 0) is 61.1 Å². The Bertz CT molecular complexity index is 1490. The molecular formula is C37H49N5O2. The van der Waals surface area contributed by atoms with Gasteiger partial charge in [-0.25, -0.2) is 4.68 Å². The van der Waals surface area contributed by atoms with Crippen molar-refractivity contribution >= 4 is 23.1 Å². The lowest BCUT2D eigenvalue weighted by atomic mass is 10.1. The van der Waals surface area contributed by atoms with Crippen molar-refractivity contribution in [3.05, 3.63) is 95.0 Å². The molecule has 0 unspecified atom stereocenters. The predicted molar refractivity (Wildman–Crippen MR) is 180 cm³/mol. The first-order chi connectivity index (χ1) is 21.6. The fourth-order valence-corrected chi connectivity index (χ4v) is 5.51. The fourth-order valence-electron chi connectivity index (χ4n) is 5.51. The summed E-state index contributed by atoms with van der Waals surface area (Å²) in [4.78, 5) is 18.0. The van der Waals surface area contributed by atoms with Gasteiger partial charge in [0, 0.05) is 17.8 Å². The van der Waals surface area contributed by atoms with Gasteiger partial charge in [0.05, 0.1) is 11.4 Å². The van der Waals surface area contributed by atoms with Crippen molar-refractivity contribution in [1.29, 1.82) is 0 Å². The summed E-state index contributed by atoms with van der Waals surface area (Å²) in [5, 5.41) is 19.2. The number of nitrogens with one attached hydrogen (secondary N) is 2. The molecule has 0 aliphatic carbocycles. The predicted octanol–water partition coefficient (Wildman–Crippen LogP) is 8.23. The summed E-state index contributed by atoms with van der Waals surface area (Å²) in [6, 6.07) is 21.1. The maximum atomic E-state index is 13.7. The van der Waals surface area contributed by atoms with Crippen molar-refractivity contribution in [1.82, 2.24) is 9.78 Å². The molecule has 4 aromatic rings. The minimum atomic E-state index is -0.171. The molecule has 0 aliphatic rings. The third kappa shape index (κ3) is 9.97. The van der Waals surface area contributed by atoms with Crippen molar-refractivity contribution in [3.8, 4) is 11.4 Å². The van der Waals surface area contributed by atoms with Gasteiger partial charge in [0.15, 0.2) is 12.4 Å². The molecular weight excluding hydrogens is 546 g/mol. The number of para-hydroxylation sites is 1. The Balaban J connectivity index is 1.39. The molecule has 2 N–H and O–H groups in total. The smallest absolute Gasteiger partial charge is 0.346 e. The van der Waals surface area contributed by atoms with E-state index in [2.05, 4.69) is 29.3 Å². The number of hydrogen-bond acceptors (Lipinski definition) is 4. The molecule has 0 spiro atoms. The molecule has 0 bridgehead atoms. The Hall–Kier alpha value is -4.13. The molecule has 0 aliphatic heterocycles. The van der Waals surface area contributed by atoms with Gasteiger partial charge in [0.2, 0.25) is 5.82 Å².